The Kier molecular flexibility index (Phi) is 6.90. The van der Waals surface area contributed by atoms with Crippen molar-refractivity contribution >= 4 is 35.0 Å². The number of amides is 1. The summed E-state index contributed by atoms with van der Waals surface area (Å²) in [6.07, 6.45) is 1.72. The van der Waals surface area contributed by atoms with Crippen molar-refractivity contribution in [1.29, 1.82) is 0 Å². The van der Waals surface area contributed by atoms with E-state index in [-0.39, 0.29) is 24.3 Å². The minimum absolute atomic E-state index is 0.0408. The average Bonchev–Trinajstić information content (AvgIpc) is 2.99. The minimum atomic E-state index is -0.862. The highest BCUT2D eigenvalue weighted by molar-refractivity contribution is 6.46. The fourth-order valence-electron chi connectivity index (χ4n) is 3.59. The third-order valence-electron chi connectivity index (χ3n) is 5.06. The number of hydrogen-bond acceptors (Lipinski definition) is 4. The minimum Gasteiger partial charge on any atom is -0.507 e. The predicted molar refractivity (Wildman–Crippen MR) is 113 cm³/mol. The predicted octanol–water partition coefficient (Wildman–Crippen LogP) is 4.41. The van der Waals surface area contributed by atoms with Crippen LogP contribution in [0.25, 0.3) is 5.76 Å². The van der Waals surface area contributed by atoms with Gasteiger partial charge in [0.15, 0.2) is 0 Å². The summed E-state index contributed by atoms with van der Waals surface area (Å²) in [6.45, 7) is 0.281. The number of aliphatic carboxylic acids is 1. The van der Waals surface area contributed by atoms with Crippen molar-refractivity contribution in [2.75, 3.05) is 6.54 Å². The Bertz CT molecular complexity index is 969. The van der Waals surface area contributed by atoms with Crippen LogP contribution in [0, 0.1) is 0 Å². The molecule has 0 radical (unpaired) electrons. The number of aliphatic hydroxyl groups is 1. The van der Waals surface area contributed by atoms with E-state index in [1.807, 2.05) is 0 Å². The number of ketones is 1. The number of Topliss-reactive ketones (excluding diaryl/α,β-unsaturated/α-hetero) is 1. The lowest BCUT2D eigenvalue weighted by Crippen LogP contribution is -2.30. The van der Waals surface area contributed by atoms with Crippen molar-refractivity contribution < 1.29 is 24.6 Å². The first kappa shape index (κ1) is 21.6. The molecule has 1 fully saturated rings. The topological polar surface area (TPSA) is 94.9 Å². The molecule has 1 atom stereocenters. The molecule has 30 heavy (non-hydrogen) atoms. The second kappa shape index (κ2) is 9.59. The Hall–Kier alpha value is -3.12. The molecule has 7 heteroatoms. The summed E-state index contributed by atoms with van der Waals surface area (Å²) in [5, 5.41) is 20.2. The summed E-state index contributed by atoms with van der Waals surface area (Å²) < 4.78 is 0. The van der Waals surface area contributed by atoms with Gasteiger partial charge in [-0.25, -0.2) is 0 Å². The molecule has 0 unspecified atom stereocenters. The molecule has 0 spiro atoms. The van der Waals surface area contributed by atoms with Gasteiger partial charge in [0.1, 0.15) is 5.76 Å². The summed E-state index contributed by atoms with van der Waals surface area (Å²) >= 11 is 5.99. The Balaban J connectivity index is 1.95. The Morgan fingerprint density at radius 3 is 2.23 bits per heavy atom. The molecule has 3 rings (SSSR count). The Morgan fingerprint density at radius 1 is 0.933 bits per heavy atom. The van der Waals surface area contributed by atoms with Gasteiger partial charge in [-0.1, -0.05) is 60.5 Å². The molecule has 1 amide bonds. The van der Waals surface area contributed by atoms with Gasteiger partial charge in [-0.2, -0.15) is 0 Å². The Labute approximate surface area is 179 Å². The van der Waals surface area contributed by atoms with Gasteiger partial charge in [0, 0.05) is 23.6 Å². The van der Waals surface area contributed by atoms with Gasteiger partial charge in [0.2, 0.25) is 0 Å². The molecule has 6 nitrogen and oxygen atoms in total. The SMILES string of the molecule is O=C(O)CCCCCN1C(=O)C(=O)C(=C(O)c2ccccc2)[C@H]1c1ccc(Cl)cc1. The summed E-state index contributed by atoms with van der Waals surface area (Å²) in [5.74, 6) is -2.49. The number of unbranched alkanes of at least 4 members (excludes halogenated alkanes) is 2. The number of carboxylic acid groups (broad SMARTS) is 1. The lowest BCUT2D eigenvalue weighted by atomic mass is 9.95. The van der Waals surface area contributed by atoms with Crippen LogP contribution in [0.4, 0.5) is 0 Å². The smallest absolute Gasteiger partial charge is 0.303 e. The summed E-state index contributed by atoms with van der Waals surface area (Å²) in [5.41, 5.74) is 1.16. The number of benzene rings is 2. The molecule has 0 bridgehead atoms. The van der Waals surface area contributed by atoms with Crippen LogP contribution < -0.4 is 0 Å². The largest absolute Gasteiger partial charge is 0.507 e. The third-order valence-corrected chi connectivity index (χ3v) is 5.31. The van der Waals surface area contributed by atoms with Gasteiger partial charge >= 0.3 is 5.97 Å². The van der Waals surface area contributed by atoms with Crippen LogP contribution in [-0.4, -0.2) is 39.3 Å². The first-order chi connectivity index (χ1) is 14.4. The quantitative estimate of drug-likeness (QED) is 0.281. The van der Waals surface area contributed by atoms with E-state index in [1.165, 1.54) is 4.90 Å². The fraction of sp³-hybridized carbons (Fsp3) is 0.261. The molecule has 1 aliphatic heterocycles. The highest BCUT2D eigenvalue weighted by atomic mass is 35.5. The lowest BCUT2D eigenvalue weighted by molar-refractivity contribution is -0.140. The zero-order chi connectivity index (χ0) is 21.7. The van der Waals surface area contributed by atoms with Gasteiger partial charge in [-0.3, -0.25) is 14.4 Å². The van der Waals surface area contributed by atoms with E-state index >= 15 is 0 Å². The van der Waals surface area contributed by atoms with Crippen LogP contribution in [-0.2, 0) is 14.4 Å². The first-order valence-corrected chi connectivity index (χ1v) is 10.1. The van der Waals surface area contributed by atoms with E-state index in [0.717, 1.165) is 0 Å². The second-order valence-electron chi connectivity index (χ2n) is 7.11. The van der Waals surface area contributed by atoms with Crippen LogP contribution >= 0.6 is 11.6 Å². The number of carbonyl (C=O) groups is 3. The van der Waals surface area contributed by atoms with E-state index < -0.39 is 23.7 Å². The van der Waals surface area contributed by atoms with Crippen LogP contribution in [0.2, 0.25) is 5.02 Å². The number of nitrogens with zero attached hydrogens (tertiary/aromatic N) is 1. The summed E-state index contributed by atoms with van der Waals surface area (Å²) in [6, 6.07) is 14.7. The van der Waals surface area contributed by atoms with Crippen molar-refractivity contribution in [1.82, 2.24) is 4.90 Å². The van der Waals surface area contributed by atoms with E-state index in [1.54, 1.807) is 54.6 Å². The maximum atomic E-state index is 12.8. The zero-order valence-corrected chi connectivity index (χ0v) is 17.0. The molecule has 0 saturated carbocycles. The van der Waals surface area contributed by atoms with E-state index in [0.29, 0.717) is 35.4 Å². The normalized spacial score (nSPS) is 18.0. The zero-order valence-electron chi connectivity index (χ0n) is 16.3. The maximum absolute atomic E-state index is 12.8. The molecule has 1 heterocycles. The van der Waals surface area contributed by atoms with Crippen molar-refractivity contribution in [3.05, 3.63) is 76.3 Å². The van der Waals surface area contributed by atoms with Crippen molar-refractivity contribution in [3.63, 3.8) is 0 Å². The Morgan fingerprint density at radius 2 is 1.60 bits per heavy atom. The van der Waals surface area contributed by atoms with E-state index in [4.69, 9.17) is 16.7 Å². The van der Waals surface area contributed by atoms with Crippen molar-refractivity contribution in [2.24, 2.45) is 0 Å². The number of carbonyl (C=O) groups excluding carboxylic acids is 2. The molecule has 1 saturated heterocycles. The van der Waals surface area contributed by atoms with Gasteiger partial charge in [-0.05, 0) is 30.5 Å². The molecule has 1 aliphatic rings. The molecule has 2 aromatic rings. The van der Waals surface area contributed by atoms with Gasteiger partial charge in [0.25, 0.3) is 11.7 Å². The monoisotopic (exact) mass is 427 g/mol. The molecule has 0 aliphatic carbocycles. The summed E-state index contributed by atoms with van der Waals surface area (Å²) in [4.78, 5) is 37.8. The highest BCUT2D eigenvalue weighted by Gasteiger charge is 2.45. The number of aliphatic hydroxyl groups excluding tert-OH is 1. The van der Waals surface area contributed by atoms with Crippen LogP contribution in [0.1, 0.15) is 42.9 Å². The van der Waals surface area contributed by atoms with Crippen molar-refractivity contribution in [3.8, 4) is 0 Å². The number of likely N-dealkylation sites (tertiary alicyclic amines) is 1. The lowest BCUT2D eigenvalue weighted by Gasteiger charge is -2.25. The standard InChI is InChI=1S/C23H22ClNO5/c24-17-12-10-15(11-13-17)20-19(21(28)16-7-3-1-4-8-16)22(29)23(30)25(20)14-6-2-5-9-18(26)27/h1,3-4,7-8,10-13,20,28H,2,5-6,9,14H2,(H,26,27)/t20-/m1/s1. The number of halogens is 1. The van der Waals surface area contributed by atoms with E-state index in [9.17, 15) is 19.5 Å². The van der Waals surface area contributed by atoms with Gasteiger partial charge in [-0.15, -0.1) is 0 Å². The van der Waals surface area contributed by atoms with Crippen LogP contribution in [0.15, 0.2) is 60.2 Å². The molecule has 156 valence electrons. The highest BCUT2D eigenvalue weighted by Crippen LogP contribution is 2.39. The van der Waals surface area contributed by atoms with Crippen LogP contribution in [0.5, 0.6) is 0 Å². The molecule has 0 aromatic heterocycles. The maximum Gasteiger partial charge on any atom is 0.303 e. The first-order valence-electron chi connectivity index (χ1n) is 9.71. The number of hydrogen-bond donors (Lipinski definition) is 2. The molecular formula is C23H22ClNO5. The third kappa shape index (κ3) is 4.71. The average molecular weight is 428 g/mol. The van der Waals surface area contributed by atoms with Crippen molar-refractivity contribution in [2.45, 2.75) is 31.7 Å². The summed E-state index contributed by atoms with van der Waals surface area (Å²) in [7, 11) is 0. The fourth-order valence-corrected chi connectivity index (χ4v) is 3.71. The molecule has 2 aromatic carbocycles. The van der Waals surface area contributed by atoms with E-state index in [2.05, 4.69) is 0 Å². The molecule has 2 N–H and O–H groups in total. The van der Waals surface area contributed by atoms with Gasteiger partial charge < -0.3 is 15.1 Å². The van der Waals surface area contributed by atoms with Crippen LogP contribution in [0.3, 0.4) is 0 Å². The number of carboxylic acids is 1. The second-order valence-corrected chi connectivity index (χ2v) is 7.55. The van der Waals surface area contributed by atoms with Gasteiger partial charge in [0.05, 0.1) is 11.6 Å². The molecular weight excluding hydrogens is 406 g/mol. The number of rotatable bonds is 8.